The van der Waals surface area contributed by atoms with E-state index in [1.54, 1.807) is 13.2 Å². The van der Waals surface area contributed by atoms with Crippen LogP contribution in [0.2, 0.25) is 0 Å². The Hall–Kier alpha value is -1.78. The third-order valence-electron chi connectivity index (χ3n) is 1.92. The summed E-state index contributed by atoms with van der Waals surface area (Å²) >= 11 is 0. The molecule has 0 saturated carbocycles. The normalized spacial score (nSPS) is 11.8. The molecule has 0 amide bonds. The molecule has 0 bridgehead atoms. The molecule has 0 aliphatic heterocycles. The predicted molar refractivity (Wildman–Crippen MR) is 50.9 cm³/mol. The van der Waals surface area contributed by atoms with Gasteiger partial charge in [-0.15, -0.1) is 0 Å². The summed E-state index contributed by atoms with van der Waals surface area (Å²) in [5, 5.41) is 6.65. The Morgan fingerprint density at radius 2 is 2.07 bits per heavy atom. The molecule has 5 heteroatoms. The van der Waals surface area contributed by atoms with Gasteiger partial charge >= 0.3 is 0 Å². The van der Waals surface area contributed by atoms with Crippen LogP contribution in [0.3, 0.4) is 0 Å². The second-order valence-corrected chi connectivity index (χ2v) is 2.73. The van der Waals surface area contributed by atoms with Gasteiger partial charge in [-0.05, 0) is 6.07 Å². The zero-order valence-corrected chi connectivity index (χ0v) is 7.90. The van der Waals surface area contributed by atoms with Crippen molar-refractivity contribution in [1.82, 2.24) is 0 Å². The first-order chi connectivity index (χ1) is 6.83. The minimum absolute atomic E-state index is 0.184. The molecule has 1 atom stereocenters. The Morgan fingerprint density at radius 3 is 2.64 bits per heavy atom. The molecule has 1 rings (SSSR count). The number of nitrogens with zero attached hydrogens (tertiary/aromatic N) is 2. The second kappa shape index (κ2) is 5.06. The van der Waals surface area contributed by atoms with Gasteiger partial charge in [-0.3, -0.25) is 0 Å². The fourth-order valence-corrected chi connectivity index (χ4v) is 1.24. The van der Waals surface area contributed by atoms with Crippen LogP contribution in [0.5, 0.6) is 5.75 Å². The third kappa shape index (κ3) is 2.12. The average Bonchev–Trinajstić information content (AvgIpc) is 2.26. The highest BCUT2D eigenvalue weighted by atomic mass is 16.5. The molecule has 74 valence electrons. The molecule has 14 heavy (non-hydrogen) atoms. The van der Waals surface area contributed by atoms with E-state index in [-0.39, 0.29) is 6.54 Å². The van der Waals surface area contributed by atoms with E-state index < -0.39 is 6.04 Å². The molecule has 1 aromatic carbocycles. The lowest BCUT2D eigenvalue weighted by Gasteiger charge is -2.11. The number of rotatable bonds is 5. The van der Waals surface area contributed by atoms with Crippen LogP contribution in [0.15, 0.2) is 34.5 Å². The Kier molecular flexibility index (Phi) is 3.72. The van der Waals surface area contributed by atoms with Crippen LogP contribution in [0, 0.1) is 11.1 Å². The van der Waals surface area contributed by atoms with Crippen LogP contribution >= 0.6 is 0 Å². The van der Waals surface area contributed by atoms with Crippen LogP contribution in [0.4, 0.5) is 0 Å². The molecule has 0 heterocycles. The van der Waals surface area contributed by atoms with Gasteiger partial charge in [-0.25, -0.2) is 11.1 Å². The highest BCUT2D eigenvalue weighted by Crippen LogP contribution is 2.27. The average molecular weight is 192 g/mol. The first-order valence-electron chi connectivity index (χ1n) is 4.16. The van der Waals surface area contributed by atoms with E-state index in [0.717, 1.165) is 5.56 Å². The number of nitrogens with one attached hydrogen (secondary N) is 2. The summed E-state index contributed by atoms with van der Waals surface area (Å²) in [6.45, 7) is 0.184. The van der Waals surface area contributed by atoms with Crippen molar-refractivity contribution in [2.45, 2.75) is 6.04 Å². The zero-order valence-electron chi connectivity index (χ0n) is 7.90. The quantitative estimate of drug-likeness (QED) is 0.691. The first kappa shape index (κ1) is 10.3. The van der Waals surface area contributed by atoms with Gasteiger partial charge in [0.25, 0.3) is 0 Å². The molecule has 0 aromatic heterocycles. The van der Waals surface area contributed by atoms with Gasteiger partial charge < -0.3 is 4.74 Å². The fourth-order valence-electron chi connectivity index (χ4n) is 1.24. The lowest BCUT2D eigenvalue weighted by Crippen LogP contribution is -2.01. The van der Waals surface area contributed by atoms with Gasteiger partial charge in [0.1, 0.15) is 11.8 Å². The zero-order chi connectivity index (χ0) is 10.4. The molecule has 1 unspecified atom stereocenters. The van der Waals surface area contributed by atoms with Crippen LogP contribution in [0.25, 0.3) is 0 Å². The van der Waals surface area contributed by atoms with E-state index in [0.29, 0.717) is 5.75 Å². The summed E-state index contributed by atoms with van der Waals surface area (Å²) in [4.78, 5) is 0. The van der Waals surface area contributed by atoms with Gasteiger partial charge in [0.05, 0.1) is 13.7 Å². The topological polar surface area (TPSA) is 81.7 Å². The molecule has 0 aliphatic carbocycles. The summed E-state index contributed by atoms with van der Waals surface area (Å²) in [5.41, 5.74) is 14.5. The lowest BCUT2D eigenvalue weighted by molar-refractivity contribution is 0.404. The van der Waals surface area contributed by atoms with Crippen molar-refractivity contribution >= 4 is 0 Å². The van der Waals surface area contributed by atoms with Crippen molar-refractivity contribution in [1.29, 1.82) is 11.1 Å². The summed E-state index contributed by atoms with van der Waals surface area (Å²) < 4.78 is 5.13. The van der Waals surface area contributed by atoms with Crippen molar-refractivity contribution in [3.8, 4) is 5.75 Å². The van der Waals surface area contributed by atoms with Gasteiger partial charge in [-0.1, -0.05) is 18.2 Å². The molecule has 0 saturated heterocycles. The number of hydrogen-bond acceptors (Lipinski definition) is 5. The standard InChI is InChI=1S/C9H12N4O/c1-14-9-5-3-2-4-7(9)8(13-11)6-12-10/h2-5,8,10-11H,6H2,1H3. The number of hydrogen-bond donors (Lipinski definition) is 2. The van der Waals surface area contributed by atoms with E-state index >= 15 is 0 Å². The molecule has 1 aromatic rings. The van der Waals surface area contributed by atoms with Crippen molar-refractivity contribution < 1.29 is 4.74 Å². The molecule has 0 aliphatic rings. The molecule has 0 radical (unpaired) electrons. The van der Waals surface area contributed by atoms with Crippen molar-refractivity contribution in [2.24, 2.45) is 10.2 Å². The number of benzene rings is 1. The maximum Gasteiger partial charge on any atom is 0.124 e. The summed E-state index contributed by atoms with van der Waals surface area (Å²) in [5.74, 6) is 0.678. The molecule has 5 nitrogen and oxygen atoms in total. The largest absolute Gasteiger partial charge is 0.496 e. The number of methoxy groups -OCH3 is 1. The monoisotopic (exact) mass is 192 g/mol. The summed E-state index contributed by atoms with van der Waals surface area (Å²) in [6.07, 6.45) is 0. The second-order valence-electron chi connectivity index (χ2n) is 2.73. The third-order valence-corrected chi connectivity index (χ3v) is 1.92. The Balaban J connectivity index is 3.01. The van der Waals surface area contributed by atoms with Crippen LogP contribution in [-0.2, 0) is 0 Å². The number of para-hydroxylation sites is 1. The summed E-state index contributed by atoms with van der Waals surface area (Å²) in [6, 6.07) is 6.91. The summed E-state index contributed by atoms with van der Waals surface area (Å²) in [7, 11) is 1.57. The van der Waals surface area contributed by atoms with E-state index in [1.165, 1.54) is 0 Å². The minimum Gasteiger partial charge on any atom is -0.496 e. The van der Waals surface area contributed by atoms with Crippen molar-refractivity contribution in [3.05, 3.63) is 29.8 Å². The fraction of sp³-hybridized carbons (Fsp3) is 0.333. The Bertz CT molecular complexity index is 326. The molecular weight excluding hydrogens is 180 g/mol. The van der Waals surface area contributed by atoms with E-state index in [4.69, 9.17) is 15.8 Å². The van der Waals surface area contributed by atoms with E-state index in [1.807, 2.05) is 18.2 Å². The molecule has 0 fully saturated rings. The smallest absolute Gasteiger partial charge is 0.124 e. The van der Waals surface area contributed by atoms with Gasteiger partial charge in [0, 0.05) is 5.56 Å². The van der Waals surface area contributed by atoms with Gasteiger partial charge in [-0.2, -0.15) is 10.2 Å². The maximum absolute atomic E-state index is 7.00. The molecular formula is C9H12N4O. The van der Waals surface area contributed by atoms with Crippen molar-refractivity contribution in [2.75, 3.05) is 13.7 Å². The highest BCUT2D eigenvalue weighted by Gasteiger charge is 2.13. The van der Waals surface area contributed by atoms with Gasteiger partial charge in [0.15, 0.2) is 0 Å². The maximum atomic E-state index is 7.00. The number of ether oxygens (including phenoxy) is 1. The minimum atomic E-state index is -0.413. The highest BCUT2D eigenvalue weighted by molar-refractivity contribution is 5.36. The lowest BCUT2D eigenvalue weighted by atomic mass is 10.1. The van der Waals surface area contributed by atoms with Gasteiger partial charge in [0.2, 0.25) is 0 Å². The molecule has 2 N–H and O–H groups in total. The van der Waals surface area contributed by atoms with Crippen LogP contribution in [0.1, 0.15) is 11.6 Å². The Morgan fingerprint density at radius 1 is 1.36 bits per heavy atom. The SMILES string of the molecule is COc1ccccc1C(CN=N)N=N. The van der Waals surface area contributed by atoms with E-state index in [2.05, 4.69) is 10.2 Å². The van der Waals surface area contributed by atoms with Crippen LogP contribution < -0.4 is 4.74 Å². The molecule has 0 spiro atoms. The first-order valence-corrected chi connectivity index (χ1v) is 4.16. The van der Waals surface area contributed by atoms with Crippen molar-refractivity contribution in [3.63, 3.8) is 0 Å². The Labute approximate surface area is 82.1 Å². The predicted octanol–water partition coefficient (Wildman–Crippen LogP) is 2.80. The van der Waals surface area contributed by atoms with E-state index in [9.17, 15) is 0 Å². The van der Waals surface area contributed by atoms with Crippen LogP contribution in [-0.4, -0.2) is 13.7 Å².